The maximum atomic E-state index is 11.6. The zero-order valence-corrected chi connectivity index (χ0v) is 13.6. The van der Waals surface area contributed by atoms with E-state index >= 15 is 0 Å². The van der Waals surface area contributed by atoms with Crippen LogP contribution in [0.1, 0.15) is 17.5 Å². The molecule has 1 amide bonds. The van der Waals surface area contributed by atoms with Crippen molar-refractivity contribution in [3.63, 3.8) is 0 Å². The van der Waals surface area contributed by atoms with Crippen LogP contribution in [-0.4, -0.2) is 17.6 Å². The van der Waals surface area contributed by atoms with Gasteiger partial charge in [0.05, 0.1) is 4.92 Å². The molecule has 0 aliphatic heterocycles. The minimum absolute atomic E-state index is 0.111. The Morgan fingerprint density at radius 2 is 2.00 bits per heavy atom. The number of hydrogen-bond donors (Lipinski definition) is 2. The van der Waals surface area contributed by atoms with Gasteiger partial charge >= 0.3 is 6.09 Å². The SMILES string of the molecule is Nc1cc(C=CCCNC(=O)OCc2ccccc2)ccc1[N+](=O)[O-]. The van der Waals surface area contributed by atoms with E-state index in [1.807, 2.05) is 36.4 Å². The average Bonchev–Trinajstić information content (AvgIpc) is 2.60. The van der Waals surface area contributed by atoms with Crippen LogP contribution in [0.5, 0.6) is 0 Å². The van der Waals surface area contributed by atoms with Crippen molar-refractivity contribution < 1.29 is 14.5 Å². The Bertz CT molecular complexity index is 760. The monoisotopic (exact) mass is 341 g/mol. The van der Waals surface area contributed by atoms with Crippen LogP contribution in [0, 0.1) is 10.1 Å². The van der Waals surface area contributed by atoms with Crippen LogP contribution in [0.3, 0.4) is 0 Å². The Morgan fingerprint density at radius 3 is 2.68 bits per heavy atom. The third kappa shape index (κ3) is 5.98. The minimum Gasteiger partial charge on any atom is -0.445 e. The van der Waals surface area contributed by atoms with Crippen molar-refractivity contribution in [1.29, 1.82) is 0 Å². The van der Waals surface area contributed by atoms with Crippen LogP contribution in [0.25, 0.3) is 6.08 Å². The van der Waals surface area contributed by atoms with E-state index in [1.54, 1.807) is 12.1 Å². The summed E-state index contributed by atoms with van der Waals surface area (Å²) in [6.45, 7) is 0.650. The number of amides is 1. The molecule has 0 saturated heterocycles. The molecule has 0 unspecified atom stereocenters. The molecule has 0 aliphatic rings. The Labute approximate surface area is 145 Å². The standard InChI is InChI=1S/C18H19N3O4/c19-16-12-14(9-10-17(16)21(23)24)6-4-5-11-20-18(22)25-13-15-7-2-1-3-8-15/h1-4,6-10,12H,5,11,13,19H2,(H,20,22). The maximum Gasteiger partial charge on any atom is 0.407 e. The van der Waals surface area contributed by atoms with Gasteiger partial charge in [-0.3, -0.25) is 10.1 Å². The van der Waals surface area contributed by atoms with Crippen molar-refractivity contribution in [2.75, 3.05) is 12.3 Å². The number of benzene rings is 2. The van der Waals surface area contributed by atoms with E-state index in [9.17, 15) is 14.9 Å². The quantitative estimate of drug-likeness (QED) is 0.347. The molecular weight excluding hydrogens is 322 g/mol. The number of alkyl carbamates (subject to hydrolysis) is 1. The zero-order valence-electron chi connectivity index (χ0n) is 13.6. The highest BCUT2D eigenvalue weighted by molar-refractivity contribution is 5.67. The third-order valence-electron chi connectivity index (χ3n) is 3.35. The molecule has 0 spiro atoms. The van der Waals surface area contributed by atoms with Crippen LogP contribution in [-0.2, 0) is 11.3 Å². The fraction of sp³-hybridized carbons (Fsp3) is 0.167. The summed E-state index contributed by atoms with van der Waals surface area (Å²) in [5, 5.41) is 13.3. The third-order valence-corrected chi connectivity index (χ3v) is 3.35. The van der Waals surface area contributed by atoms with E-state index in [-0.39, 0.29) is 18.0 Å². The van der Waals surface area contributed by atoms with Crippen LogP contribution in [0.4, 0.5) is 16.2 Å². The van der Waals surface area contributed by atoms with Gasteiger partial charge in [0.2, 0.25) is 0 Å². The summed E-state index contributed by atoms with van der Waals surface area (Å²) in [5.74, 6) is 0. The van der Waals surface area contributed by atoms with E-state index in [0.29, 0.717) is 13.0 Å². The second kappa shape index (κ2) is 9.07. The number of ether oxygens (including phenoxy) is 1. The molecule has 2 rings (SSSR count). The molecule has 3 N–H and O–H groups in total. The van der Waals surface area contributed by atoms with Gasteiger partial charge in [0.1, 0.15) is 12.3 Å². The zero-order chi connectivity index (χ0) is 18.1. The molecule has 2 aromatic carbocycles. The Morgan fingerprint density at radius 1 is 1.24 bits per heavy atom. The molecule has 0 atom stereocenters. The number of nitrogens with two attached hydrogens (primary N) is 1. The normalized spacial score (nSPS) is 10.6. The van der Waals surface area contributed by atoms with Gasteiger partial charge < -0.3 is 15.8 Å². The van der Waals surface area contributed by atoms with Gasteiger partial charge in [0, 0.05) is 12.6 Å². The first kappa shape index (κ1) is 18.0. The number of carbonyl (C=O) groups is 1. The molecule has 0 radical (unpaired) electrons. The lowest BCUT2D eigenvalue weighted by molar-refractivity contribution is -0.383. The topological polar surface area (TPSA) is 107 Å². The first-order valence-corrected chi connectivity index (χ1v) is 7.71. The van der Waals surface area contributed by atoms with Gasteiger partial charge in [-0.05, 0) is 29.7 Å². The fourth-order valence-corrected chi connectivity index (χ4v) is 2.09. The molecule has 7 nitrogen and oxygen atoms in total. The first-order valence-electron chi connectivity index (χ1n) is 7.71. The second-order valence-corrected chi connectivity index (χ2v) is 5.25. The van der Waals surface area contributed by atoms with E-state index in [1.165, 1.54) is 12.1 Å². The molecular formula is C18H19N3O4. The van der Waals surface area contributed by atoms with Crippen molar-refractivity contribution in [1.82, 2.24) is 5.32 Å². The lowest BCUT2D eigenvalue weighted by atomic mass is 10.1. The van der Waals surface area contributed by atoms with E-state index in [0.717, 1.165) is 11.1 Å². The van der Waals surface area contributed by atoms with Gasteiger partial charge in [-0.15, -0.1) is 0 Å². The first-order chi connectivity index (χ1) is 12.1. The fourth-order valence-electron chi connectivity index (χ4n) is 2.09. The molecule has 0 aromatic heterocycles. The molecule has 2 aromatic rings. The number of rotatable bonds is 7. The van der Waals surface area contributed by atoms with Crippen molar-refractivity contribution >= 4 is 23.5 Å². The number of hydrogen-bond acceptors (Lipinski definition) is 5. The lowest BCUT2D eigenvalue weighted by Crippen LogP contribution is -2.24. The summed E-state index contributed by atoms with van der Waals surface area (Å²) in [4.78, 5) is 21.7. The number of anilines is 1. The summed E-state index contributed by atoms with van der Waals surface area (Å²) in [6.07, 6.45) is 3.75. The number of nitrogen functional groups attached to an aromatic ring is 1. The summed E-state index contributed by atoms with van der Waals surface area (Å²) in [5.41, 5.74) is 7.32. The largest absolute Gasteiger partial charge is 0.445 e. The molecule has 0 bridgehead atoms. The Hall–Kier alpha value is -3.35. The molecule has 0 fully saturated rings. The minimum atomic E-state index is -0.520. The number of carbonyl (C=O) groups excluding carboxylic acids is 1. The van der Waals surface area contributed by atoms with Crippen LogP contribution >= 0.6 is 0 Å². The molecule has 7 heteroatoms. The van der Waals surface area contributed by atoms with Gasteiger partial charge in [-0.1, -0.05) is 42.5 Å². The highest BCUT2D eigenvalue weighted by Crippen LogP contribution is 2.22. The summed E-state index contributed by atoms with van der Waals surface area (Å²) in [7, 11) is 0. The predicted molar refractivity (Wildman–Crippen MR) is 95.8 cm³/mol. The average molecular weight is 341 g/mol. The number of nitro groups is 1. The van der Waals surface area contributed by atoms with Crippen molar-refractivity contribution in [2.45, 2.75) is 13.0 Å². The Kier molecular flexibility index (Phi) is 6.53. The van der Waals surface area contributed by atoms with Gasteiger partial charge in [-0.2, -0.15) is 0 Å². The molecule has 0 heterocycles. The highest BCUT2D eigenvalue weighted by Gasteiger charge is 2.09. The lowest BCUT2D eigenvalue weighted by Gasteiger charge is -2.05. The summed E-state index contributed by atoms with van der Waals surface area (Å²) in [6, 6.07) is 13.9. The number of nitrogens with one attached hydrogen (secondary N) is 1. The summed E-state index contributed by atoms with van der Waals surface area (Å²) >= 11 is 0. The predicted octanol–water partition coefficient (Wildman–Crippen LogP) is 3.51. The molecule has 25 heavy (non-hydrogen) atoms. The molecule has 0 aliphatic carbocycles. The van der Waals surface area contributed by atoms with E-state index in [2.05, 4.69) is 5.32 Å². The van der Waals surface area contributed by atoms with Crippen LogP contribution < -0.4 is 11.1 Å². The number of nitro benzene ring substituents is 1. The smallest absolute Gasteiger partial charge is 0.407 e. The van der Waals surface area contributed by atoms with Gasteiger partial charge in [-0.25, -0.2) is 4.79 Å². The van der Waals surface area contributed by atoms with Crippen molar-refractivity contribution in [3.8, 4) is 0 Å². The van der Waals surface area contributed by atoms with Crippen LogP contribution in [0.2, 0.25) is 0 Å². The molecule has 0 saturated carbocycles. The van der Waals surface area contributed by atoms with E-state index in [4.69, 9.17) is 10.5 Å². The van der Waals surface area contributed by atoms with E-state index < -0.39 is 11.0 Å². The molecule has 130 valence electrons. The van der Waals surface area contributed by atoms with Gasteiger partial charge in [0.15, 0.2) is 0 Å². The Balaban J connectivity index is 1.70. The highest BCUT2D eigenvalue weighted by atomic mass is 16.6. The van der Waals surface area contributed by atoms with Crippen molar-refractivity contribution in [2.24, 2.45) is 0 Å². The van der Waals surface area contributed by atoms with Crippen LogP contribution in [0.15, 0.2) is 54.6 Å². The summed E-state index contributed by atoms with van der Waals surface area (Å²) < 4.78 is 5.09. The van der Waals surface area contributed by atoms with Crippen molar-refractivity contribution in [3.05, 3.63) is 75.8 Å². The maximum absolute atomic E-state index is 11.6. The van der Waals surface area contributed by atoms with Gasteiger partial charge in [0.25, 0.3) is 5.69 Å². The second-order valence-electron chi connectivity index (χ2n) is 5.25. The number of nitrogens with zero attached hydrogens (tertiary/aromatic N) is 1.